The van der Waals surface area contributed by atoms with Gasteiger partial charge in [0.25, 0.3) is 0 Å². The number of anilines is 2. The number of fused-ring (bicyclic) bond motifs is 5. The zero-order valence-electron chi connectivity index (χ0n) is 15.8. The van der Waals surface area contributed by atoms with Gasteiger partial charge in [0.2, 0.25) is 0 Å². The number of hydrogen-bond acceptors (Lipinski definition) is 3. The number of para-hydroxylation sites is 1. The lowest BCUT2D eigenvalue weighted by atomic mass is 9.98. The number of nitrogens with zero attached hydrogens (tertiary/aromatic N) is 1. The van der Waals surface area contributed by atoms with E-state index in [4.69, 9.17) is 0 Å². The van der Waals surface area contributed by atoms with Gasteiger partial charge in [0.1, 0.15) is 0 Å². The molecule has 6 rings (SSSR count). The number of hydrogen-bond donors (Lipinski definition) is 0. The van der Waals surface area contributed by atoms with E-state index in [9.17, 15) is 4.21 Å². The van der Waals surface area contributed by atoms with Crippen molar-refractivity contribution in [2.24, 2.45) is 0 Å². The fourth-order valence-electron chi connectivity index (χ4n) is 4.24. The van der Waals surface area contributed by atoms with Crippen LogP contribution in [0.3, 0.4) is 0 Å². The highest BCUT2D eigenvalue weighted by atomic mass is 32.2. The van der Waals surface area contributed by atoms with Gasteiger partial charge in [0.15, 0.2) is 0 Å². The summed E-state index contributed by atoms with van der Waals surface area (Å²) >= 11 is 1.80. The maximum absolute atomic E-state index is 13.3. The van der Waals surface area contributed by atoms with Crippen LogP contribution in [0, 0.1) is 0 Å². The molecule has 2 aliphatic rings. The summed E-state index contributed by atoms with van der Waals surface area (Å²) in [5.41, 5.74) is 6.73. The minimum Gasteiger partial charge on any atom is -0.343 e. The maximum Gasteiger partial charge on any atom is 0.0868 e. The van der Waals surface area contributed by atoms with Gasteiger partial charge in [-0.15, -0.1) is 0 Å². The SMILES string of the molecule is CN1c2ccccc2Sc2ccc(-c3cccc4c3S(=O)c3ccccc3-4)cc21. The van der Waals surface area contributed by atoms with E-state index >= 15 is 0 Å². The quantitative estimate of drug-likeness (QED) is 0.305. The topological polar surface area (TPSA) is 20.3 Å². The number of benzene rings is 4. The van der Waals surface area contributed by atoms with Crippen molar-refractivity contribution in [3.8, 4) is 22.3 Å². The van der Waals surface area contributed by atoms with E-state index in [2.05, 4.69) is 78.7 Å². The van der Waals surface area contributed by atoms with Crippen molar-refractivity contribution >= 4 is 33.9 Å². The standard InChI is InChI=1S/C25H17NOS2/c1-26-20-10-3-4-11-22(20)28-23-14-13-16(15-21(23)26)17-8-6-9-19-18-7-2-5-12-24(18)29(27)25(17)19/h2-15H,1H3. The summed E-state index contributed by atoms with van der Waals surface area (Å²) in [6.07, 6.45) is 0. The van der Waals surface area contributed by atoms with Gasteiger partial charge >= 0.3 is 0 Å². The van der Waals surface area contributed by atoms with Crippen molar-refractivity contribution in [3.05, 3.63) is 84.9 Å². The molecule has 0 spiro atoms. The van der Waals surface area contributed by atoms with Crippen LogP contribution in [0.4, 0.5) is 11.4 Å². The Labute approximate surface area is 176 Å². The summed E-state index contributed by atoms with van der Waals surface area (Å²) in [4.78, 5) is 6.61. The second-order valence-corrected chi connectivity index (χ2v) is 9.73. The van der Waals surface area contributed by atoms with Gasteiger partial charge in [-0.05, 0) is 47.0 Å². The van der Waals surface area contributed by atoms with Crippen LogP contribution >= 0.6 is 11.8 Å². The Morgan fingerprint density at radius 1 is 0.724 bits per heavy atom. The molecule has 4 aromatic carbocycles. The van der Waals surface area contributed by atoms with Gasteiger partial charge in [-0.3, -0.25) is 0 Å². The van der Waals surface area contributed by atoms with Crippen LogP contribution < -0.4 is 4.90 Å². The molecule has 0 amide bonds. The molecule has 0 saturated carbocycles. The minimum atomic E-state index is -1.15. The first-order valence-corrected chi connectivity index (χ1v) is 11.5. The average Bonchev–Trinajstić information content (AvgIpc) is 3.07. The molecule has 2 heterocycles. The maximum atomic E-state index is 13.3. The van der Waals surface area contributed by atoms with E-state index in [-0.39, 0.29) is 0 Å². The van der Waals surface area contributed by atoms with Crippen molar-refractivity contribution in [3.63, 3.8) is 0 Å². The Bertz CT molecular complexity index is 1330. The fourth-order valence-corrected chi connectivity index (χ4v) is 6.93. The molecular formula is C25H17NOS2. The molecular weight excluding hydrogens is 394 g/mol. The Kier molecular flexibility index (Phi) is 3.73. The molecule has 0 radical (unpaired) electrons. The Morgan fingerprint density at radius 2 is 1.45 bits per heavy atom. The average molecular weight is 412 g/mol. The summed E-state index contributed by atoms with van der Waals surface area (Å²) < 4.78 is 13.3. The molecule has 4 aromatic rings. The number of rotatable bonds is 1. The van der Waals surface area contributed by atoms with Gasteiger partial charge in [0.05, 0.1) is 32.0 Å². The van der Waals surface area contributed by atoms with Crippen LogP contribution in [0.1, 0.15) is 0 Å². The summed E-state index contributed by atoms with van der Waals surface area (Å²) in [6.45, 7) is 0. The highest BCUT2D eigenvalue weighted by molar-refractivity contribution is 7.99. The fraction of sp³-hybridized carbons (Fsp3) is 0.0400. The lowest BCUT2D eigenvalue weighted by Crippen LogP contribution is -2.14. The first kappa shape index (κ1) is 17.1. The molecule has 0 saturated heterocycles. The monoisotopic (exact) mass is 411 g/mol. The normalized spacial score (nSPS) is 16.0. The lowest BCUT2D eigenvalue weighted by molar-refractivity contribution is 0.685. The zero-order valence-corrected chi connectivity index (χ0v) is 17.4. The smallest absolute Gasteiger partial charge is 0.0868 e. The van der Waals surface area contributed by atoms with Gasteiger partial charge in [0, 0.05) is 22.4 Å². The first-order valence-electron chi connectivity index (χ1n) is 9.51. The molecule has 0 N–H and O–H groups in total. The Balaban J connectivity index is 1.52. The van der Waals surface area contributed by atoms with Crippen LogP contribution in [-0.2, 0) is 10.8 Å². The molecule has 0 fully saturated rings. The largest absolute Gasteiger partial charge is 0.343 e. The van der Waals surface area contributed by atoms with Crippen molar-refractivity contribution in [2.45, 2.75) is 19.6 Å². The third kappa shape index (κ3) is 2.46. The minimum absolute atomic E-state index is 0.912. The zero-order chi connectivity index (χ0) is 19.5. The van der Waals surface area contributed by atoms with Gasteiger partial charge < -0.3 is 4.90 Å². The van der Waals surface area contributed by atoms with E-state index in [0.29, 0.717) is 0 Å². The summed E-state index contributed by atoms with van der Waals surface area (Å²) in [6, 6.07) is 29.3. The molecule has 2 nitrogen and oxygen atoms in total. The van der Waals surface area contributed by atoms with Gasteiger partial charge in [-0.2, -0.15) is 0 Å². The predicted octanol–water partition coefficient (Wildman–Crippen LogP) is 6.73. The Hall–Kier alpha value is -2.82. The first-order chi connectivity index (χ1) is 14.2. The molecule has 140 valence electrons. The highest BCUT2D eigenvalue weighted by Gasteiger charge is 2.29. The second kappa shape index (κ2) is 6.34. The van der Waals surface area contributed by atoms with E-state index in [1.54, 1.807) is 11.8 Å². The lowest BCUT2D eigenvalue weighted by Gasteiger charge is -2.30. The van der Waals surface area contributed by atoms with Crippen molar-refractivity contribution in [1.82, 2.24) is 0 Å². The third-order valence-corrected chi connectivity index (χ3v) is 8.35. The van der Waals surface area contributed by atoms with Crippen LogP contribution in [0.5, 0.6) is 0 Å². The molecule has 0 aromatic heterocycles. The van der Waals surface area contributed by atoms with Crippen molar-refractivity contribution in [1.29, 1.82) is 0 Å². The van der Waals surface area contributed by atoms with Crippen LogP contribution in [-0.4, -0.2) is 11.3 Å². The van der Waals surface area contributed by atoms with Crippen molar-refractivity contribution in [2.75, 3.05) is 11.9 Å². The molecule has 2 aliphatic heterocycles. The van der Waals surface area contributed by atoms with Crippen LogP contribution in [0.2, 0.25) is 0 Å². The molecule has 0 aliphatic carbocycles. The predicted molar refractivity (Wildman–Crippen MR) is 121 cm³/mol. The molecule has 1 atom stereocenters. The molecule has 4 heteroatoms. The summed E-state index contributed by atoms with van der Waals surface area (Å²) in [5, 5.41) is 0. The summed E-state index contributed by atoms with van der Waals surface area (Å²) in [5.74, 6) is 0. The van der Waals surface area contributed by atoms with E-state index < -0.39 is 10.8 Å². The van der Waals surface area contributed by atoms with E-state index in [1.807, 2.05) is 18.2 Å². The second-order valence-electron chi connectivity index (χ2n) is 7.26. The Morgan fingerprint density at radius 3 is 2.38 bits per heavy atom. The molecule has 1 unspecified atom stereocenters. The van der Waals surface area contributed by atoms with Gasteiger partial charge in [-0.1, -0.05) is 66.4 Å². The van der Waals surface area contributed by atoms with Crippen LogP contribution in [0.15, 0.2) is 105 Å². The summed E-state index contributed by atoms with van der Waals surface area (Å²) in [7, 11) is 0.965. The van der Waals surface area contributed by atoms with Crippen molar-refractivity contribution < 1.29 is 4.21 Å². The van der Waals surface area contributed by atoms with E-state index in [1.165, 1.54) is 21.2 Å². The highest BCUT2D eigenvalue weighted by Crippen LogP contribution is 2.50. The molecule has 0 bridgehead atoms. The van der Waals surface area contributed by atoms with Crippen LogP contribution in [0.25, 0.3) is 22.3 Å². The third-order valence-electron chi connectivity index (χ3n) is 5.66. The van der Waals surface area contributed by atoms with Gasteiger partial charge in [-0.25, -0.2) is 4.21 Å². The van der Waals surface area contributed by atoms with E-state index in [0.717, 1.165) is 32.0 Å². The molecule has 29 heavy (non-hydrogen) atoms.